The molecule has 5 nitrogen and oxygen atoms in total. The normalized spacial score (nSPS) is 12.3. The molecule has 0 bridgehead atoms. The van der Waals surface area contributed by atoms with Gasteiger partial charge in [-0.3, -0.25) is 4.68 Å². The van der Waals surface area contributed by atoms with Crippen LogP contribution in [0.25, 0.3) is 0 Å². The zero-order valence-corrected chi connectivity index (χ0v) is 10.1. The molecule has 0 aliphatic heterocycles. The fourth-order valence-corrected chi connectivity index (χ4v) is 1.52. The van der Waals surface area contributed by atoms with Gasteiger partial charge in [0, 0.05) is 12.4 Å². The summed E-state index contributed by atoms with van der Waals surface area (Å²) in [6, 6.07) is 2.19. The molecule has 2 aromatic heterocycles. The minimum absolute atomic E-state index is 0.267. The Morgan fingerprint density at radius 1 is 1.25 bits per heavy atom. The van der Waals surface area contributed by atoms with Crippen molar-refractivity contribution in [3.05, 3.63) is 30.4 Å². The molecule has 0 radical (unpaired) electrons. The van der Waals surface area contributed by atoms with Crippen LogP contribution >= 0.6 is 0 Å². The maximum absolute atomic E-state index is 4.48. The van der Waals surface area contributed by atoms with Gasteiger partial charge in [-0.05, 0) is 33.8 Å². The third kappa shape index (κ3) is 1.73. The van der Waals surface area contributed by atoms with Gasteiger partial charge in [0.15, 0.2) is 0 Å². The number of hydrogen-bond donors (Lipinski definition) is 0. The molecule has 0 aliphatic carbocycles. The van der Waals surface area contributed by atoms with E-state index in [0.29, 0.717) is 0 Å². The molecule has 0 spiro atoms. The highest BCUT2D eigenvalue weighted by molar-refractivity contribution is 5.09. The van der Waals surface area contributed by atoms with Crippen molar-refractivity contribution in [2.24, 2.45) is 0 Å². The Balaban J connectivity index is 2.36. The Morgan fingerprint density at radius 3 is 2.50 bits per heavy atom. The van der Waals surface area contributed by atoms with Crippen molar-refractivity contribution in [1.29, 1.82) is 0 Å². The highest BCUT2D eigenvalue weighted by Crippen LogP contribution is 2.22. The van der Waals surface area contributed by atoms with Crippen LogP contribution in [0.2, 0.25) is 0 Å². The first-order chi connectivity index (χ1) is 7.51. The third-order valence-corrected chi connectivity index (χ3v) is 2.67. The summed E-state index contributed by atoms with van der Waals surface area (Å²) in [4.78, 5) is 1.72. The monoisotopic (exact) mass is 219 g/mol. The summed E-state index contributed by atoms with van der Waals surface area (Å²) in [6.45, 7) is 8.28. The van der Waals surface area contributed by atoms with Crippen LogP contribution < -0.4 is 0 Å². The molecule has 2 aromatic rings. The maximum Gasteiger partial charge on any atom is 0.110 e. The number of hydrogen-bond acceptors (Lipinski definition) is 3. The van der Waals surface area contributed by atoms with Gasteiger partial charge in [-0.2, -0.15) is 20.1 Å². The van der Waals surface area contributed by atoms with Crippen molar-refractivity contribution in [3.8, 4) is 0 Å². The van der Waals surface area contributed by atoms with Crippen molar-refractivity contribution in [3.63, 3.8) is 0 Å². The lowest BCUT2D eigenvalue weighted by atomic mass is 10.0. The highest BCUT2D eigenvalue weighted by Gasteiger charge is 2.26. The molecular weight excluding hydrogens is 202 g/mol. The van der Waals surface area contributed by atoms with E-state index in [1.165, 1.54) is 0 Å². The van der Waals surface area contributed by atoms with Gasteiger partial charge in [0.1, 0.15) is 11.2 Å². The third-order valence-electron chi connectivity index (χ3n) is 2.67. The second-order valence-corrected chi connectivity index (χ2v) is 4.65. The molecule has 0 N–H and O–H groups in total. The Hall–Kier alpha value is -1.65. The Morgan fingerprint density at radius 2 is 2.00 bits per heavy atom. The van der Waals surface area contributed by atoms with Crippen molar-refractivity contribution < 1.29 is 0 Å². The van der Waals surface area contributed by atoms with Crippen LogP contribution in [-0.4, -0.2) is 24.8 Å². The van der Waals surface area contributed by atoms with Crippen LogP contribution in [0.1, 0.15) is 39.4 Å². The standard InChI is InChI=1S/C11H17N5/c1-9(2)16-13-8-10(14-16)11(3,4)15-7-5-6-12-15/h5-9H,1-4H3. The second kappa shape index (κ2) is 3.73. The molecule has 0 unspecified atom stereocenters. The highest BCUT2D eigenvalue weighted by atomic mass is 15.5. The van der Waals surface area contributed by atoms with Gasteiger partial charge in [0.2, 0.25) is 0 Å². The minimum Gasteiger partial charge on any atom is -0.261 e. The summed E-state index contributed by atoms with van der Waals surface area (Å²) in [7, 11) is 0. The van der Waals surface area contributed by atoms with E-state index < -0.39 is 0 Å². The molecule has 2 heterocycles. The molecule has 2 rings (SSSR count). The first-order valence-corrected chi connectivity index (χ1v) is 5.44. The van der Waals surface area contributed by atoms with E-state index in [-0.39, 0.29) is 11.6 Å². The number of rotatable bonds is 3. The lowest BCUT2D eigenvalue weighted by Crippen LogP contribution is -2.29. The van der Waals surface area contributed by atoms with Crippen molar-refractivity contribution >= 4 is 0 Å². The van der Waals surface area contributed by atoms with Crippen LogP contribution in [0, 0.1) is 0 Å². The van der Waals surface area contributed by atoms with Gasteiger partial charge in [-0.1, -0.05) is 0 Å². The van der Waals surface area contributed by atoms with Gasteiger partial charge < -0.3 is 0 Å². The largest absolute Gasteiger partial charge is 0.261 e. The summed E-state index contributed by atoms with van der Waals surface area (Å²) >= 11 is 0. The fraction of sp³-hybridized carbons (Fsp3) is 0.545. The summed E-state index contributed by atoms with van der Waals surface area (Å²) in [5.74, 6) is 0. The summed E-state index contributed by atoms with van der Waals surface area (Å²) in [6.07, 6.45) is 5.52. The minimum atomic E-state index is -0.267. The van der Waals surface area contributed by atoms with E-state index in [0.717, 1.165) is 5.69 Å². The van der Waals surface area contributed by atoms with Crippen molar-refractivity contribution in [2.45, 2.75) is 39.3 Å². The van der Waals surface area contributed by atoms with E-state index in [2.05, 4.69) is 43.0 Å². The van der Waals surface area contributed by atoms with E-state index in [9.17, 15) is 0 Å². The average molecular weight is 219 g/mol. The molecule has 0 fully saturated rings. The number of nitrogens with zero attached hydrogens (tertiary/aromatic N) is 5. The predicted octanol–water partition coefficient (Wildman–Crippen LogP) is 1.84. The van der Waals surface area contributed by atoms with Crippen LogP contribution in [0.5, 0.6) is 0 Å². The van der Waals surface area contributed by atoms with E-state index >= 15 is 0 Å². The molecule has 0 aromatic carbocycles. The summed E-state index contributed by atoms with van der Waals surface area (Å²) < 4.78 is 1.89. The molecular formula is C11H17N5. The zero-order valence-electron chi connectivity index (χ0n) is 10.1. The zero-order chi connectivity index (χ0) is 11.8. The average Bonchev–Trinajstić information content (AvgIpc) is 2.90. The van der Waals surface area contributed by atoms with Crippen LogP contribution in [0.3, 0.4) is 0 Å². The maximum atomic E-state index is 4.48. The van der Waals surface area contributed by atoms with Crippen molar-refractivity contribution in [2.75, 3.05) is 0 Å². The summed E-state index contributed by atoms with van der Waals surface area (Å²) in [5.41, 5.74) is 0.654. The molecule has 0 atom stereocenters. The SMILES string of the molecule is CC(C)n1ncc(C(C)(C)n2cccn2)n1. The Bertz CT molecular complexity index is 452. The van der Waals surface area contributed by atoms with Crippen LogP contribution in [0.15, 0.2) is 24.7 Å². The van der Waals surface area contributed by atoms with Gasteiger partial charge in [0.05, 0.1) is 12.2 Å². The lowest BCUT2D eigenvalue weighted by Gasteiger charge is -2.22. The predicted molar refractivity (Wildman–Crippen MR) is 61.1 cm³/mol. The number of aromatic nitrogens is 5. The summed E-state index contributed by atoms with van der Waals surface area (Å²) in [5, 5.41) is 13.0. The quantitative estimate of drug-likeness (QED) is 0.791. The molecule has 86 valence electrons. The second-order valence-electron chi connectivity index (χ2n) is 4.65. The van der Waals surface area contributed by atoms with Crippen molar-refractivity contribution in [1.82, 2.24) is 24.8 Å². The van der Waals surface area contributed by atoms with Crippen LogP contribution in [0.4, 0.5) is 0 Å². The Kier molecular flexibility index (Phi) is 2.53. The van der Waals surface area contributed by atoms with Crippen LogP contribution in [-0.2, 0) is 5.54 Å². The topological polar surface area (TPSA) is 48.5 Å². The van der Waals surface area contributed by atoms with Gasteiger partial charge in [-0.15, -0.1) is 0 Å². The molecule has 16 heavy (non-hydrogen) atoms. The molecule has 0 saturated carbocycles. The first kappa shape index (κ1) is 10.9. The molecule has 5 heteroatoms. The Labute approximate surface area is 95.1 Å². The van der Waals surface area contributed by atoms with E-state index in [1.807, 2.05) is 23.1 Å². The lowest BCUT2D eigenvalue weighted by molar-refractivity contribution is 0.368. The first-order valence-electron chi connectivity index (χ1n) is 5.44. The molecule has 0 saturated heterocycles. The molecule has 0 amide bonds. The van der Waals surface area contributed by atoms with Gasteiger partial charge in [0.25, 0.3) is 0 Å². The van der Waals surface area contributed by atoms with Gasteiger partial charge in [-0.25, -0.2) is 0 Å². The van der Waals surface area contributed by atoms with E-state index in [1.54, 1.807) is 11.0 Å². The smallest absolute Gasteiger partial charge is 0.110 e. The fourth-order valence-electron chi connectivity index (χ4n) is 1.52. The van der Waals surface area contributed by atoms with E-state index in [4.69, 9.17) is 0 Å². The van der Waals surface area contributed by atoms with Gasteiger partial charge >= 0.3 is 0 Å². The molecule has 0 aliphatic rings.